The van der Waals surface area contributed by atoms with Crippen LogP contribution < -0.4 is 5.84 Å². The summed E-state index contributed by atoms with van der Waals surface area (Å²) in [4.78, 5) is 0. The van der Waals surface area contributed by atoms with Crippen molar-refractivity contribution in [3.63, 3.8) is 0 Å². The van der Waals surface area contributed by atoms with Gasteiger partial charge in [-0.25, -0.2) is 4.68 Å². The van der Waals surface area contributed by atoms with Crippen LogP contribution in [0.1, 0.15) is 17.7 Å². The van der Waals surface area contributed by atoms with Gasteiger partial charge in [0, 0.05) is 20.9 Å². The first kappa shape index (κ1) is 17.4. The first-order valence-electron chi connectivity index (χ1n) is 7.04. The molecule has 0 radical (unpaired) electrons. The Labute approximate surface area is 158 Å². The Kier molecular flexibility index (Phi) is 5.25. The molecule has 1 heterocycles. The van der Waals surface area contributed by atoms with E-state index in [1.165, 1.54) is 16.4 Å². The van der Waals surface area contributed by atoms with Crippen molar-refractivity contribution in [2.24, 2.45) is 0 Å². The summed E-state index contributed by atoms with van der Waals surface area (Å²) in [6, 6.07) is 12.8. The maximum atomic E-state index is 6.24. The molecular formula is C16H13Cl3N4S. The second kappa shape index (κ2) is 7.23. The van der Waals surface area contributed by atoms with Crippen molar-refractivity contribution in [3.8, 4) is 11.4 Å². The normalized spacial score (nSPS) is 12.3. The molecule has 124 valence electrons. The van der Waals surface area contributed by atoms with Crippen molar-refractivity contribution >= 4 is 46.6 Å². The molecule has 4 nitrogen and oxygen atoms in total. The number of nitrogens with two attached hydrogens (primary N) is 1. The van der Waals surface area contributed by atoms with Gasteiger partial charge in [-0.15, -0.1) is 10.2 Å². The molecule has 0 aliphatic rings. The number of thioether (sulfide) groups is 1. The van der Waals surface area contributed by atoms with Gasteiger partial charge in [0.15, 0.2) is 5.82 Å². The first-order valence-corrected chi connectivity index (χ1v) is 9.05. The summed E-state index contributed by atoms with van der Waals surface area (Å²) < 4.78 is 1.41. The number of rotatable bonds is 4. The highest BCUT2D eigenvalue weighted by Crippen LogP contribution is 2.38. The summed E-state index contributed by atoms with van der Waals surface area (Å²) in [6.07, 6.45) is 0. The van der Waals surface area contributed by atoms with Gasteiger partial charge in [-0.05, 0) is 36.8 Å². The number of benzene rings is 2. The minimum absolute atomic E-state index is 0.0629. The molecular weight excluding hydrogens is 387 g/mol. The van der Waals surface area contributed by atoms with Crippen molar-refractivity contribution in [3.05, 3.63) is 63.1 Å². The smallest absolute Gasteiger partial charge is 0.210 e. The van der Waals surface area contributed by atoms with Gasteiger partial charge in [0.25, 0.3) is 0 Å². The fourth-order valence-electron chi connectivity index (χ4n) is 2.24. The Bertz CT molecular complexity index is 882. The quantitative estimate of drug-likeness (QED) is 0.466. The van der Waals surface area contributed by atoms with Crippen LogP contribution in [0.25, 0.3) is 11.4 Å². The lowest BCUT2D eigenvalue weighted by molar-refractivity contribution is 0.844. The van der Waals surface area contributed by atoms with Crippen LogP contribution in [0.5, 0.6) is 0 Å². The van der Waals surface area contributed by atoms with Gasteiger partial charge >= 0.3 is 0 Å². The largest absolute Gasteiger partial charge is 0.335 e. The molecule has 0 saturated carbocycles. The number of nitrogen functional groups attached to an aromatic ring is 1. The molecule has 2 aromatic carbocycles. The van der Waals surface area contributed by atoms with Gasteiger partial charge in [0.2, 0.25) is 5.16 Å². The van der Waals surface area contributed by atoms with E-state index in [1.54, 1.807) is 18.2 Å². The molecule has 0 saturated heterocycles. The Morgan fingerprint density at radius 2 is 1.79 bits per heavy atom. The van der Waals surface area contributed by atoms with Crippen molar-refractivity contribution in [2.45, 2.75) is 17.3 Å². The van der Waals surface area contributed by atoms with E-state index in [0.29, 0.717) is 31.6 Å². The van der Waals surface area contributed by atoms with E-state index < -0.39 is 0 Å². The lowest BCUT2D eigenvalue weighted by Gasteiger charge is -2.12. The summed E-state index contributed by atoms with van der Waals surface area (Å²) in [5.74, 6) is 6.61. The highest BCUT2D eigenvalue weighted by Gasteiger charge is 2.19. The Morgan fingerprint density at radius 1 is 1.04 bits per heavy atom. The molecule has 24 heavy (non-hydrogen) atoms. The summed E-state index contributed by atoms with van der Waals surface area (Å²) in [5, 5.41) is 10.7. The number of halogens is 3. The third-order valence-corrected chi connectivity index (χ3v) is 5.46. The summed E-state index contributed by atoms with van der Waals surface area (Å²) >= 11 is 20.0. The predicted octanol–water partition coefficient (Wildman–Crippen LogP) is 5.47. The van der Waals surface area contributed by atoms with Gasteiger partial charge in [0.05, 0.1) is 5.02 Å². The van der Waals surface area contributed by atoms with Crippen molar-refractivity contribution < 1.29 is 0 Å². The number of hydrogen-bond acceptors (Lipinski definition) is 4. The molecule has 0 aliphatic heterocycles. The molecule has 8 heteroatoms. The topological polar surface area (TPSA) is 56.7 Å². The summed E-state index contributed by atoms with van der Waals surface area (Å²) in [5.41, 5.74) is 1.64. The van der Waals surface area contributed by atoms with Crippen LogP contribution in [-0.2, 0) is 0 Å². The molecule has 0 unspecified atom stereocenters. The van der Waals surface area contributed by atoms with Crippen LogP contribution in [0.2, 0.25) is 15.1 Å². The van der Waals surface area contributed by atoms with E-state index in [1.807, 2.05) is 31.2 Å². The molecule has 0 amide bonds. The molecule has 0 fully saturated rings. The van der Waals surface area contributed by atoms with E-state index in [2.05, 4.69) is 10.2 Å². The molecule has 0 bridgehead atoms. The fraction of sp³-hybridized carbons (Fsp3) is 0.125. The van der Waals surface area contributed by atoms with Gasteiger partial charge in [-0.3, -0.25) is 0 Å². The van der Waals surface area contributed by atoms with E-state index in [-0.39, 0.29) is 5.25 Å². The van der Waals surface area contributed by atoms with Gasteiger partial charge in [-0.1, -0.05) is 64.8 Å². The number of hydrogen-bond donors (Lipinski definition) is 1. The molecule has 2 N–H and O–H groups in total. The molecule has 0 aliphatic carbocycles. The molecule has 1 atom stereocenters. The lowest BCUT2D eigenvalue weighted by atomic mass is 10.2. The van der Waals surface area contributed by atoms with E-state index in [9.17, 15) is 0 Å². The zero-order valence-corrected chi connectivity index (χ0v) is 15.7. The minimum Gasteiger partial charge on any atom is -0.335 e. The highest BCUT2D eigenvalue weighted by atomic mass is 35.5. The second-order valence-corrected chi connectivity index (χ2v) is 7.64. The van der Waals surface area contributed by atoms with Crippen LogP contribution in [0.3, 0.4) is 0 Å². The monoisotopic (exact) mass is 398 g/mol. The predicted molar refractivity (Wildman–Crippen MR) is 101 cm³/mol. The van der Waals surface area contributed by atoms with Gasteiger partial charge in [-0.2, -0.15) is 0 Å². The van der Waals surface area contributed by atoms with Crippen LogP contribution in [-0.4, -0.2) is 14.9 Å². The standard InChI is InChI=1S/C16H13Cl3N4S/c1-9(11-4-2-3-5-13(11)18)24-16-22-21-15(23(16)20)12-8-10(17)6-7-14(12)19/h2-9H,20H2,1H3/t9-/m1/s1. The lowest BCUT2D eigenvalue weighted by Crippen LogP contribution is -2.12. The van der Waals surface area contributed by atoms with Crippen molar-refractivity contribution in [2.75, 3.05) is 5.84 Å². The third-order valence-electron chi connectivity index (χ3n) is 3.46. The van der Waals surface area contributed by atoms with Crippen LogP contribution in [0, 0.1) is 0 Å². The summed E-state index contributed by atoms with van der Waals surface area (Å²) in [7, 11) is 0. The minimum atomic E-state index is 0.0629. The fourth-order valence-corrected chi connectivity index (χ4v) is 3.91. The van der Waals surface area contributed by atoms with Gasteiger partial charge in [0.1, 0.15) is 0 Å². The first-order chi connectivity index (χ1) is 11.5. The molecule has 1 aromatic heterocycles. The summed E-state index contributed by atoms with van der Waals surface area (Å²) in [6.45, 7) is 2.03. The van der Waals surface area contributed by atoms with Crippen molar-refractivity contribution in [1.82, 2.24) is 14.9 Å². The second-order valence-electron chi connectivity index (χ2n) is 5.08. The Morgan fingerprint density at radius 3 is 2.54 bits per heavy atom. The van der Waals surface area contributed by atoms with E-state index >= 15 is 0 Å². The number of aromatic nitrogens is 3. The van der Waals surface area contributed by atoms with E-state index in [4.69, 9.17) is 40.6 Å². The molecule has 3 rings (SSSR count). The maximum Gasteiger partial charge on any atom is 0.210 e. The van der Waals surface area contributed by atoms with Crippen LogP contribution in [0.15, 0.2) is 47.6 Å². The third kappa shape index (κ3) is 3.49. The Hall–Kier alpha value is -1.40. The average molecular weight is 400 g/mol. The zero-order valence-electron chi connectivity index (χ0n) is 12.6. The maximum absolute atomic E-state index is 6.24. The van der Waals surface area contributed by atoms with Crippen LogP contribution >= 0.6 is 46.6 Å². The van der Waals surface area contributed by atoms with Crippen molar-refractivity contribution in [1.29, 1.82) is 0 Å². The Balaban J connectivity index is 1.91. The molecule has 3 aromatic rings. The SMILES string of the molecule is C[C@@H](Sc1nnc(-c2cc(Cl)ccc2Cl)n1N)c1ccccc1Cl. The highest BCUT2D eigenvalue weighted by molar-refractivity contribution is 7.99. The average Bonchev–Trinajstić information content (AvgIpc) is 2.91. The zero-order chi connectivity index (χ0) is 17.3. The molecule has 0 spiro atoms. The van der Waals surface area contributed by atoms with E-state index in [0.717, 1.165) is 5.56 Å². The van der Waals surface area contributed by atoms with Crippen LogP contribution in [0.4, 0.5) is 0 Å². The number of nitrogens with zero attached hydrogens (tertiary/aromatic N) is 3. The van der Waals surface area contributed by atoms with Gasteiger partial charge < -0.3 is 5.84 Å².